The van der Waals surface area contributed by atoms with Crippen LogP contribution in [0, 0.1) is 11.3 Å². The number of primary sulfonamides is 1. The third-order valence-corrected chi connectivity index (χ3v) is 12.0. The number of sulfonamides is 1. The Kier molecular flexibility index (Phi) is 6.63. The van der Waals surface area contributed by atoms with Gasteiger partial charge in [-0.3, -0.25) is 0 Å². The number of rotatable bonds is 5. The molecular weight excluding hydrogens is 627 g/mol. The van der Waals surface area contributed by atoms with E-state index in [1.165, 1.54) is 28.3 Å². The molecule has 16 heteroatoms. The van der Waals surface area contributed by atoms with E-state index in [2.05, 4.69) is 35.2 Å². The summed E-state index contributed by atoms with van der Waals surface area (Å²) in [5.74, 6) is 1.43. The third-order valence-electron chi connectivity index (χ3n) is 10.1. The lowest BCUT2D eigenvalue weighted by atomic mass is 9.63. The average molecular weight is 660 g/mol. The number of fused-ring (bicyclic) bond motifs is 5. The molecule has 5 aromatic heterocycles. The molecule has 1 fully saturated rings. The second-order valence-electron chi connectivity index (χ2n) is 12.7. The Morgan fingerprint density at radius 3 is 2.74 bits per heavy atom. The van der Waals surface area contributed by atoms with Crippen LogP contribution in [0.25, 0.3) is 28.4 Å². The smallest absolute Gasteiger partial charge is 0.257 e. The number of aryl methyl sites for hydroxylation is 1. The van der Waals surface area contributed by atoms with Crippen LogP contribution in [0.5, 0.6) is 0 Å². The van der Waals surface area contributed by atoms with Gasteiger partial charge < -0.3 is 15.2 Å². The summed E-state index contributed by atoms with van der Waals surface area (Å²) in [5, 5.41) is 30.0. The molecule has 46 heavy (non-hydrogen) atoms. The van der Waals surface area contributed by atoms with Gasteiger partial charge in [-0.05, 0) is 83.5 Å². The number of hydrogen-bond acceptors (Lipinski definition) is 12. The highest BCUT2D eigenvalue weighted by Crippen LogP contribution is 2.55. The number of likely N-dealkylation sites (N-methyl/N-ethyl adjacent to an activating group) is 1. The molecule has 1 spiro atoms. The van der Waals surface area contributed by atoms with Crippen LogP contribution in [0.3, 0.4) is 0 Å². The summed E-state index contributed by atoms with van der Waals surface area (Å²) in [6, 6.07) is 3.98. The molecule has 0 saturated carbocycles. The average Bonchev–Trinajstić information content (AvgIpc) is 3.85. The predicted molar refractivity (Wildman–Crippen MR) is 170 cm³/mol. The fourth-order valence-corrected chi connectivity index (χ4v) is 9.61. The molecule has 14 nitrogen and oxygen atoms in total. The number of anilines is 1. The number of nitrogens with two attached hydrogens (primary N) is 2. The summed E-state index contributed by atoms with van der Waals surface area (Å²) in [5.41, 5.74) is 9.40. The molecule has 3 unspecified atom stereocenters. The van der Waals surface area contributed by atoms with Crippen LogP contribution in [0.2, 0.25) is 0 Å². The Labute approximate surface area is 269 Å². The highest BCUT2D eigenvalue weighted by atomic mass is 32.2. The first kappa shape index (κ1) is 29.2. The molecule has 5 aromatic rings. The van der Waals surface area contributed by atoms with E-state index in [0.717, 1.165) is 73.3 Å². The van der Waals surface area contributed by atoms with Crippen molar-refractivity contribution in [3.8, 4) is 23.4 Å². The molecule has 6 heterocycles. The number of likely N-dealkylation sites (tertiary alicyclic amines) is 1. The molecule has 0 radical (unpaired) electrons. The largest absolute Gasteiger partial charge is 0.389 e. The van der Waals surface area contributed by atoms with Crippen LogP contribution >= 0.6 is 11.3 Å². The van der Waals surface area contributed by atoms with Gasteiger partial charge >= 0.3 is 0 Å². The van der Waals surface area contributed by atoms with Crippen molar-refractivity contribution in [1.29, 1.82) is 5.26 Å². The zero-order valence-electron chi connectivity index (χ0n) is 25.5. The molecule has 3 aliphatic rings. The highest BCUT2D eigenvalue weighted by molar-refractivity contribution is 7.89. The molecule has 238 valence electrons. The number of thiophene rings is 1. The van der Waals surface area contributed by atoms with E-state index in [1.807, 2.05) is 4.68 Å². The molecule has 3 atom stereocenters. The fraction of sp³-hybridized carbons (Fsp3) is 0.467. The van der Waals surface area contributed by atoms with E-state index in [9.17, 15) is 13.7 Å². The molecule has 1 aliphatic heterocycles. The van der Waals surface area contributed by atoms with Crippen molar-refractivity contribution in [1.82, 2.24) is 39.6 Å². The molecule has 4 N–H and O–H groups in total. The van der Waals surface area contributed by atoms with Gasteiger partial charge in [-0.1, -0.05) is 5.16 Å². The van der Waals surface area contributed by atoms with E-state index in [1.54, 1.807) is 6.20 Å². The van der Waals surface area contributed by atoms with Crippen LogP contribution in [0.4, 0.5) is 5.00 Å². The molecule has 0 aromatic carbocycles. The van der Waals surface area contributed by atoms with Gasteiger partial charge in [0.25, 0.3) is 10.0 Å². The molecule has 1 saturated heterocycles. The van der Waals surface area contributed by atoms with E-state index in [0.29, 0.717) is 45.4 Å². The Morgan fingerprint density at radius 1 is 1.22 bits per heavy atom. The quantitative estimate of drug-likeness (QED) is 0.280. The predicted octanol–water partition coefficient (Wildman–Crippen LogP) is 3.44. The van der Waals surface area contributed by atoms with Gasteiger partial charge in [0.1, 0.15) is 11.1 Å². The van der Waals surface area contributed by atoms with Gasteiger partial charge in [0, 0.05) is 22.7 Å². The number of hydrogen-bond donors (Lipinski definition) is 2. The number of nitrogens with zero attached hydrogens (tertiary/aromatic N) is 9. The van der Waals surface area contributed by atoms with Crippen molar-refractivity contribution >= 4 is 37.4 Å². The number of aromatic nitrogens is 7. The van der Waals surface area contributed by atoms with Crippen LogP contribution < -0.4 is 10.9 Å². The molecular formula is C30H33N11O3S2. The van der Waals surface area contributed by atoms with Crippen LogP contribution in [0.1, 0.15) is 78.8 Å². The number of nitrogen functional groups attached to an aromatic ring is 1. The monoisotopic (exact) mass is 659 g/mol. The van der Waals surface area contributed by atoms with E-state index < -0.39 is 15.4 Å². The Bertz CT molecular complexity index is 2170. The fourth-order valence-electron chi connectivity index (χ4n) is 7.99. The second kappa shape index (κ2) is 10.4. The van der Waals surface area contributed by atoms with Crippen molar-refractivity contribution in [2.45, 2.75) is 80.8 Å². The van der Waals surface area contributed by atoms with Crippen molar-refractivity contribution in [2.24, 2.45) is 5.14 Å². The van der Waals surface area contributed by atoms with Crippen molar-refractivity contribution < 1.29 is 12.9 Å². The van der Waals surface area contributed by atoms with Crippen molar-refractivity contribution in [3.63, 3.8) is 0 Å². The van der Waals surface area contributed by atoms with Gasteiger partial charge in [-0.25, -0.2) is 32.9 Å². The summed E-state index contributed by atoms with van der Waals surface area (Å²) >= 11 is 1.50. The number of nitriles is 1. The van der Waals surface area contributed by atoms with E-state index in [-0.39, 0.29) is 17.1 Å². The van der Waals surface area contributed by atoms with Gasteiger partial charge in [0.05, 0.1) is 28.6 Å². The molecule has 0 bridgehead atoms. The van der Waals surface area contributed by atoms with Gasteiger partial charge in [0.15, 0.2) is 33.8 Å². The lowest BCUT2D eigenvalue weighted by molar-refractivity contribution is 0.232. The maximum absolute atomic E-state index is 12.1. The van der Waals surface area contributed by atoms with Crippen molar-refractivity contribution in [3.05, 3.63) is 45.8 Å². The summed E-state index contributed by atoms with van der Waals surface area (Å²) in [7, 11) is -1.92. The standard InChI is InChI=1S/C30H33N11O3S2/c1-16(20-7-5-12-39(20)2)41-29-19(15-34-41)28(40-13-9-22(37-40)46(33,42)43)35-27(36-29)24-17-6-3-10-30(25(17)44-38-24)11-4-8-21-23(30)18(14-31)26(32)45-21/h9,13,15-16,20H,3-8,10-12,32H2,1-2H3,(H2,33,42,43). The van der Waals surface area contributed by atoms with Gasteiger partial charge in [-0.2, -0.15) is 15.5 Å². The summed E-state index contributed by atoms with van der Waals surface area (Å²) in [6.45, 7) is 3.15. The summed E-state index contributed by atoms with van der Waals surface area (Å²) in [6.07, 6.45) is 10.4. The first-order chi connectivity index (χ1) is 22.1. The SMILES string of the molecule is CC(C1CCCN1C)n1ncc2c(-n3ccc(S(N)(=O)=O)n3)nc(-c3noc4c3CCCC43CCCc4sc(N)c(C#N)c43)nc21. The van der Waals surface area contributed by atoms with Crippen LogP contribution in [-0.4, -0.2) is 67.6 Å². The van der Waals surface area contributed by atoms with Gasteiger partial charge in [0.2, 0.25) is 0 Å². The van der Waals surface area contributed by atoms with Crippen LogP contribution in [0.15, 0.2) is 28.0 Å². The Morgan fingerprint density at radius 2 is 2.02 bits per heavy atom. The first-order valence-electron chi connectivity index (χ1n) is 15.5. The lowest BCUT2D eigenvalue weighted by Crippen LogP contribution is -2.35. The van der Waals surface area contributed by atoms with Crippen LogP contribution in [-0.2, 0) is 28.3 Å². The van der Waals surface area contributed by atoms with Crippen molar-refractivity contribution in [2.75, 3.05) is 19.3 Å². The summed E-state index contributed by atoms with van der Waals surface area (Å²) < 4.78 is 33.8. The zero-order chi connectivity index (χ0) is 32.0. The molecule has 2 aliphatic carbocycles. The maximum atomic E-state index is 12.1. The minimum absolute atomic E-state index is 0.00167. The second-order valence-corrected chi connectivity index (χ2v) is 15.3. The topological polar surface area (TPSA) is 201 Å². The minimum atomic E-state index is -4.04. The van der Waals surface area contributed by atoms with E-state index in [4.69, 9.17) is 30.5 Å². The minimum Gasteiger partial charge on any atom is -0.389 e. The Hall–Kier alpha value is -4.17. The zero-order valence-corrected chi connectivity index (χ0v) is 27.1. The van der Waals surface area contributed by atoms with E-state index >= 15 is 0 Å². The molecule has 8 rings (SSSR count). The maximum Gasteiger partial charge on any atom is 0.257 e. The normalized spacial score (nSPS) is 22.3. The molecule has 0 amide bonds. The third kappa shape index (κ3) is 4.25. The first-order valence-corrected chi connectivity index (χ1v) is 17.8. The Balaban J connectivity index is 1.32. The highest BCUT2D eigenvalue weighted by Gasteiger charge is 2.49. The summed E-state index contributed by atoms with van der Waals surface area (Å²) in [4.78, 5) is 13.5. The van der Waals surface area contributed by atoms with Gasteiger partial charge in [-0.15, -0.1) is 11.3 Å². The lowest BCUT2D eigenvalue weighted by Gasteiger charge is -2.39.